The minimum Gasteiger partial charge on any atom is -0.510 e. The lowest BCUT2D eigenvalue weighted by Gasteiger charge is -1.95. The fourth-order valence-electron chi connectivity index (χ4n) is 1.31. The molecular weight excluding hydrogens is 279 g/mol. The average molecular weight is 285 g/mol. The fraction of sp³-hybridized carbons (Fsp3) is 0.0909. The topological polar surface area (TPSA) is 56.9 Å². The number of thiazole rings is 1. The normalized spacial score (nSPS) is 12.3. The molecule has 0 saturated carbocycles. The highest BCUT2D eigenvalue weighted by Gasteiger charge is 2.13. The number of aliphatic hydroxyl groups is 1. The van der Waals surface area contributed by atoms with Crippen LogP contribution in [0.1, 0.15) is 5.01 Å². The molecule has 1 N–H and O–H groups in total. The maximum Gasteiger partial charge on any atom is 0.138 e. The Hall–Kier alpha value is -1.28. The van der Waals surface area contributed by atoms with Crippen LogP contribution in [0.4, 0.5) is 0 Å². The molecule has 0 spiro atoms. The Bertz CT molecular complexity index is 642. The third kappa shape index (κ3) is 2.37. The van der Waals surface area contributed by atoms with E-state index < -0.39 is 0 Å². The van der Waals surface area contributed by atoms with Crippen LogP contribution < -0.4 is 0 Å². The van der Waals surface area contributed by atoms with E-state index in [2.05, 4.69) is 4.98 Å². The number of hydrogen-bond acceptors (Lipinski definition) is 4. The highest BCUT2D eigenvalue weighted by molar-refractivity contribution is 7.19. The van der Waals surface area contributed by atoms with Gasteiger partial charge in [0, 0.05) is 5.02 Å². The van der Waals surface area contributed by atoms with Crippen molar-refractivity contribution in [1.82, 2.24) is 4.98 Å². The SMILES string of the molecule is N#CC(=C(O)CCl)c1nc2cc(Cl)ccc2s1. The van der Waals surface area contributed by atoms with Crippen molar-refractivity contribution >= 4 is 50.3 Å². The second-order valence-electron chi connectivity index (χ2n) is 3.20. The monoisotopic (exact) mass is 284 g/mol. The lowest BCUT2D eigenvalue weighted by molar-refractivity contribution is 0.420. The van der Waals surface area contributed by atoms with E-state index in [0.717, 1.165) is 4.70 Å². The average Bonchev–Trinajstić information content (AvgIpc) is 2.72. The molecule has 86 valence electrons. The van der Waals surface area contributed by atoms with E-state index >= 15 is 0 Å². The number of rotatable bonds is 2. The summed E-state index contributed by atoms with van der Waals surface area (Å²) >= 11 is 12.7. The molecule has 6 heteroatoms. The van der Waals surface area contributed by atoms with Crippen molar-refractivity contribution in [3.63, 3.8) is 0 Å². The zero-order chi connectivity index (χ0) is 12.4. The molecular formula is C11H6Cl2N2OS. The lowest BCUT2D eigenvalue weighted by Crippen LogP contribution is -1.90. The highest BCUT2D eigenvalue weighted by Crippen LogP contribution is 2.29. The standard InChI is InChI=1S/C11H6Cl2N2OS/c12-4-9(16)7(5-14)11-15-8-3-6(13)1-2-10(8)17-11/h1-3,16H,4H2. The van der Waals surface area contributed by atoms with E-state index in [-0.39, 0.29) is 17.2 Å². The zero-order valence-corrected chi connectivity index (χ0v) is 10.8. The Kier molecular flexibility index (Phi) is 3.53. The van der Waals surface area contributed by atoms with Gasteiger partial charge in [-0.05, 0) is 18.2 Å². The fourth-order valence-corrected chi connectivity index (χ4v) is 2.57. The Morgan fingerprint density at radius 3 is 2.94 bits per heavy atom. The smallest absolute Gasteiger partial charge is 0.138 e. The number of benzene rings is 1. The molecule has 17 heavy (non-hydrogen) atoms. The first kappa shape index (κ1) is 12.2. The Morgan fingerprint density at radius 2 is 2.29 bits per heavy atom. The quantitative estimate of drug-likeness (QED) is 0.516. The molecule has 0 unspecified atom stereocenters. The van der Waals surface area contributed by atoms with Gasteiger partial charge < -0.3 is 5.11 Å². The van der Waals surface area contributed by atoms with Crippen LogP contribution >= 0.6 is 34.5 Å². The maximum absolute atomic E-state index is 9.52. The largest absolute Gasteiger partial charge is 0.510 e. The van der Waals surface area contributed by atoms with Crippen LogP contribution in [0.15, 0.2) is 24.0 Å². The van der Waals surface area contributed by atoms with Crippen molar-refractivity contribution in [3.8, 4) is 6.07 Å². The molecule has 0 bridgehead atoms. The Balaban J connectivity index is 2.61. The van der Waals surface area contributed by atoms with Gasteiger partial charge in [0.2, 0.25) is 0 Å². The predicted molar refractivity (Wildman–Crippen MR) is 70.5 cm³/mol. The molecule has 2 aromatic rings. The summed E-state index contributed by atoms with van der Waals surface area (Å²) in [5.74, 6) is -0.279. The van der Waals surface area contributed by atoms with Gasteiger partial charge in [-0.1, -0.05) is 11.6 Å². The summed E-state index contributed by atoms with van der Waals surface area (Å²) in [6.45, 7) is 0. The molecule has 1 aromatic carbocycles. The van der Waals surface area contributed by atoms with E-state index in [1.807, 2.05) is 12.1 Å². The number of nitriles is 1. The first-order valence-corrected chi connectivity index (χ1v) is 6.33. The molecule has 0 aliphatic carbocycles. The molecule has 0 aliphatic heterocycles. The lowest BCUT2D eigenvalue weighted by atomic mass is 10.2. The van der Waals surface area contributed by atoms with Crippen LogP contribution in [0.3, 0.4) is 0 Å². The van der Waals surface area contributed by atoms with Gasteiger partial charge in [-0.25, -0.2) is 4.98 Å². The molecule has 0 radical (unpaired) electrons. The van der Waals surface area contributed by atoms with E-state index in [0.29, 0.717) is 15.5 Å². The van der Waals surface area contributed by atoms with Gasteiger partial charge in [0.1, 0.15) is 22.4 Å². The van der Waals surface area contributed by atoms with Crippen molar-refractivity contribution in [2.24, 2.45) is 0 Å². The van der Waals surface area contributed by atoms with Gasteiger partial charge in [-0.3, -0.25) is 0 Å². The van der Waals surface area contributed by atoms with E-state index in [4.69, 9.17) is 28.5 Å². The molecule has 0 aliphatic rings. The number of nitrogens with zero attached hydrogens (tertiary/aromatic N) is 2. The first-order valence-electron chi connectivity index (χ1n) is 4.60. The van der Waals surface area contributed by atoms with Crippen molar-refractivity contribution < 1.29 is 5.11 Å². The number of alkyl halides is 1. The van der Waals surface area contributed by atoms with Gasteiger partial charge in [0.25, 0.3) is 0 Å². The van der Waals surface area contributed by atoms with Crippen LogP contribution in [-0.4, -0.2) is 16.0 Å². The van der Waals surface area contributed by atoms with Crippen LogP contribution in [0.5, 0.6) is 0 Å². The summed E-state index contributed by atoms with van der Waals surface area (Å²) in [6, 6.07) is 7.19. The van der Waals surface area contributed by atoms with Crippen molar-refractivity contribution in [1.29, 1.82) is 5.26 Å². The predicted octanol–water partition coefficient (Wildman–Crippen LogP) is 3.98. The van der Waals surface area contributed by atoms with Gasteiger partial charge >= 0.3 is 0 Å². The second-order valence-corrected chi connectivity index (χ2v) is 4.93. The number of halogens is 2. The van der Waals surface area contributed by atoms with Gasteiger partial charge in [-0.15, -0.1) is 22.9 Å². The third-order valence-corrected chi connectivity index (χ3v) is 3.63. The van der Waals surface area contributed by atoms with E-state index in [1.165, 1.54) is 11.3 Å². The second kappa shape index (κ2) is 4.92. The first-order chi connectivity index (χ1) is 8.15. The number of allylic oxidation sites excluding steroid dienone is 2. The molecule has 2 rings (SSSR count). The van der Waals surface area contributed by atoms with Crippen molar-refractivity contribution in [2.45, 2.75) is 0 Å². The summed E-state index contributed by atoms with van der Waals surface area (Å²) in [6.07, 6.45) is 0. The number of aliphatic hydroxyl groups excluding tert-OH is 1. The molecule has 0 atom stereocenters. The number of fused-ring (bicyclic) bond motifs is 1. The van der Waals surface area contributed by atoms with Gasteiger partial charge in [0.15, 0.2) is 0 Å². The molecule has 1 aromatic heterocycles. The van der Waals surface area contributed by atoms with Crippen LogP contribution in [0, 0.1) is 11.3 Å². The van der Waals surface area contributed by atoms with Crippen molar-refractivity contribution in [2.75, 3.05) is 5.88 Å². The Morgan fingerprint density at radius 1 is 1.53 bits per heavy atom. The minimum absolute atomic E-state index is 0.109. The van der Waals surface area contributed by atoms with E-state index in [9.17, 15) is 5.11 Å². The van der Waals surface area contributed by atoms with Gasteiger partial charge in [-0.2, -0.15) is 5.26 Å². The summed E-state index contributed by atoms with van der Waals surface area (Å²) in [7, 11) is 0. The Labute approximate surface area is 112 Å². The molecule has 0 amide bonds. The molecule has 0 fully saturated rings. The number of aromatic nitrogens is 1. The zero-order valence-electron chi connectivity index (χ0n) is 8.44. The third-order valence-electron chi connectivity index (χ3n) is 2.09. The highest BCUT2D eigenvalue weighted by atomic mass is 35.5. The van der Waals surface area contributed by atoms with E-state index in [1.54, 1.807) is 12.1 Å². The summed E-state index contributed by atoms with van der Waals surface area (Å²) < 4.78 is 0.902. The number of hydrogen-bond donors (Lipinski definition) is 1. The molecule has 1 heterocycles. The van der Waals surface area contributed by atoms with Crippen LogP contribution in [0.2, 0.25) is 5.02 Å². The van der Waals surface area contributed by atoms with Gasteiger partial charge in [0.05, 0.1) is 16.1 Å². The summed E-state index contributed by atoms with van der Waals surface area (Å²) in [4.78, 5) is 4.25. The minimum atomic E-state index is -0.167. The van der Waals surface area contributed by atoms with Crippen molar-refractivity contribution in [3.05, 3.63) is 34.0 Å². The maximum atomic E-state index is 9.52. The van der Waals surface area contributed by atoms with Crippen LogP contribution in [0.25, 0.3) is 15.8 Å². The summed E-state index contributed by atoms with van der Waals surface area (Å²) in [5.41, 5.74) is 0.810. The van der Waals surface area contributed by atoms with Crippen LogP contribution in [-0.2, 0) is 0 Å². The molecule has 0 saturated heterocycles. The summed E-state index contributed by atoms with van der Waals surface area (Å²) in [5, 5.41) is 19.5. The molecule has 3 nitrogen and oxygen atoms in total.